The van der Waals surface area contributed by atoms with Crippen molar-refractivity contribution in [1.29, 1.82) is 0 Å². The van der Waals surface area contributed by atoms with Crippen LogP contribution in [-0.4, -0.2) is 0 Å². The SMILES string of the molecule is C=CC1C2CC(C3=C2C2C=CC3C2)C1CCCC. The van der Waals surface area contributed by atoms with Gasteiger partial charge < -0.3 is 0 Å². The van der Waals surface area contributed by atoms with Gasteiger partial charge in [-0.25, -0.2) is 0 Å². The highest BCUT2D eigenvalue weighted by molar-refractivity contribution is 5.47. The molecule has 96 valence electrons. The van der Waals surface area contributed by atoms with Gasteiger partial charge in [0, 0.05) is 0 Å². The van der Waals surface area contributed by atoms with Crippen LogP contribution in [0.5, 0.6) is 0 Å². The van der Waals surface area contributed by atoms with Gasteiger partial charge in [0.1, 0.15) is 0 Å². The zero-order chi connectivity index (χ0) is 12.3. The summed E-state index contributed by atoms with van der Waals surface area (Å²) in [6.07, 6.45) is 14.4. The molecule has 0 aliphatic heterocycles. The number of unbranched alkanes of at least 4 members (excludes halogenated alkanes) is 1. The smallest absolute Gasteiger partial charge is 0.000837 e. The Hall–Kier alpha value is -0.780. The van der Waals surface area contributed by atoms with Crippen LogP contribution in [0.3, 0.4) is 0 Å². The molecule has 6 unspecified atom stereocenters. The number of fused-ring (bicyclic) bond motifs is 8. The Morgan fingerprint density at radius 3 is 2.56 bits per heavy atom. The molecule has 0 heteroatoms. The van der Waals surface area contributed by atoms with Crippen molar-refractivity contribution >= 4 is 0 Å². The fourth-order valence-corrected chi connectivity index (χ4v) is 5.60. The minimum absolute atomic E-state index is 0.799. The quantitative estimate of drug-likeness (QED) is 0.491. The van der Waals surface area contributed by atoms with Gasteiger partial charge in [0.05, 0.1) is 0 Å². The standard InChI is InChI=1S/C18H24/c1-3-5-6-14-13(4-2)15-10-16(14)18-12-8-7-11(9-12)17(15)18/h4,7-8,11-16H,2-3,5-6,9-10H2,1H3. The lowest BCUT2D eigenvalue weighted by Gasteiger charge is -2.33. The minimum atomic E-state index is 0.799. The molecular formula is C18H24. The molecule has 0 heterocycles. The Balaban J connectivity index is 1.67. The third-order valence-electron chi connectivity index (χ3n) is 6.16. The molecule has 0 amide bonds. The summed E-state index contributed by atoms with van der Waals surface area (Å²) in [5.41, 5.74) is 3.79. The van der Waals surface area contributed by atoms with Crippen molar-refractivity contribution in [3.63, 3.8) is 0 Å². The van der Waals surface area contributed by atoms with Gasteiger partial charge in [-0.2, -0.15) is 0 Å². The van der Waals surface area contributed by atoms with Crippen LogP contribution in [0.15, 0.2) is 36.0 Å². The van der Waals surface area contributed by atoms with Crippen molar-refractivity contribution < 1.29 is 0 Å². The van der Waals surface area contributed by atoms with E-state index >= 15 is 0 Å². The van der Waals surface area contributed by atoms with Gasteiger partial charge in [-0.3, -0.25) is 0 Å². The summed E-state index contributed by atoms with van der Waals surface area (Å²) in [5, 5.41) is 0. The summed E-state index contributed by atoms with van der Waals surface area (Å²) in [6.45, 7) is 6.48. The van der Waals surface area contributed by atoms with Gasteiger partial charge in [0.15, 0.2) is 0 Å². The molecule has 6 atom stereocenters. The van der Waals surface area contributed by atoms with Crippen LogP contribution in [0, 0.1) is 35.5 Å². The van der Waals surface area contributed by atoms with E-state index in [-0.39, 0.29) is 0 Å². The molecule has 18 heavy (non-hydrogen) atoms. The monoisotopic (exact) mass is 240 g/mol. The van der Waals surface area contributed by atoms with Crippen LogP contribution in [0.4, 0.5) is 0 Å². The summed E-state index contributed by atoms with van der Waals surface area (Å²) in [4.78, 5) is 0. The number of hydrogen-bond donors (Lipinski definition) is 0. The van der Waals surface area contributed by atoms with Crippen molar-refractivity contribution in [3.8, 4) is 0 Å². The summed E-state index contributed by atoms with van der Waals surface area (Å²) in [7, 11) is 0. The van der Waals surface area contributed by atoms with E-state index in [0.29, 0.717) is 0 Å². The maximum Gasteiger partial charge on any atom is -0.000837 e. The molecule has 0 nitrogen and oxygen atoms in total. The summed E-state index contributed by atoms with van der Waals surface area (Å²) < 4.78 is 0. The number of hydrogen-bond acceptors (Lipinski definition) is 0. The lowest BCUT2D eigenvalue weighted by Crippen LogP contribution is -2.25. The molecule has 0 aromatic rings. The van der Waals surface area contributed by atoms with Gasteiger partial charge >= 0.3 is 0 Å². The Bertz CT molecular complexity index is 439. The molecule has 0 saturated heterocycles. The normalized spacial score (nSPS) is 47.2. The fraction of sp³-hybridized carbons (Fsp3) is 0.667. The molecule has 0 N–H and O–H groups in total. The molecule has 0 aromatic heterocycles. The molecule has 0 radical (unpaired) electrons. The second-order valence-corrected chi connectivity index (χ2v) is 6.81. The molecule has 4 rings (SSSR count). The van der Waals surface area contributed by atoms with Crippen LogP contribution in [0.2, 0.25) is 0 Å². The maximum atomic E-state index is 4.16. The predicted octanol–water partition coefficient (Wildman–Crippen LogP) is 4.75. The van der Waals surface area contributed by atoms with Crippen molar-refractivity contribution in [2.45, 2.75) is 39.0 Å². The van der Waals surface area contributed by atoms with Crippen LogP contribution in [0.1, 0.15) is 39.0 Å². The number of allylic oxidation sites excluding steroid dienone is 5. The van der Waals surface area contributed by atoms with Gasteiger partial charge in [-0.1, -0.05) is 49.1 Å². The van der Waals surface area contributed by atoms with Gasteiger partial charge in [0.25, 0.3) is 0 Å². The lowest BCUT2D eigenvalue weighted by atomic mass is 9.71. The average Bonchev–Trinajstić information content (AvgIpc) is 3.11. The first-order chi connectivity index (χ1) is 8.85. The van der Waals surface area contributed by atoms with Crippen LogP contribution in [-0.2, 0) is 0 Å². The van der Waals surface area contributed by atoms with E-state index in [1.165, 1.54) is 32.1 Å². The molecular weight excluding hydrogens is 216 g/mol. The third kappa shape index (κ3) is 1.22. The average molecular weight is 240 g/mol. The predicted molar refractivity (Wildman–Crippen MR) is 76.1 cm³/mol. The first-order valence-electron chi connectivity index (χ1n) is 7.89. The second-order valence-electron chi connectivity index (χ2n) is 6.81. The Morgan fingerprint density at radius 1 is 1.17 bits per heavy atom. The molecule has 4 aliphatic rings. The topological polar surface area (TPSA) is 0 Å². The Labute approximate surface area is 111 Å². The van der Waals surface area contributed by atoms with E-state index in [2.05, 4.69) is 31.7 Å². The fourth-order valence-electron chi connectivity index (χ4n) is 5.60. The van der Waals surface area contributed by atoms with E-state index < -0.39 is 0 Å². The van der Waals surface area contributed by atoms with Gasteiger partial charge in [0.2, 0.25) is 0 Å². The van der Waals surface area contributed by atoms with E-state index in [9.17, 15) is 0 Å². The van der Waals surface area contributed by atoms with Gasteiger partial charge in [-0.05, 0) is 54.8 Å². The van der Waals surface area contributed by atoms with Crippen molar-refractivity contribution in [1.82, 2.24) is 0 Å². The first kappa shape index (κ1) is 11.1. The zero-order valence-corrected chi connectivity index (χ0v) is 11.4. The van der Waals surface area contributed by atoms with Crippen LogP contribution >= 0.6 is 0 Å². The highest BCUT2D eigenvalue weighted by Crippen LogP contribution is 2.66. The highest BCUT2D eigenvalue weighted by Gasteiger charge is 2.56. The van der Waals surface area contributed by atoms with Crippen LogP contribution in [0.25, 0.3) is 0 Å². The first-order valence-corrected chi connectivity index (χ1v) is 7.89. The maximum absolute atomic E-state index is 4.16. The van der Waals surface area contributed by atoms with E-state index in [1.54, 1.807) is 0 Å². The summed E-state index contributed by atoms with van der Waals surface area (Å²) in [5.74, 6) is 5.21. The third-order valence-corrected chi connectivity index (χ3v) is 6.16. The minimum Gasteiger partial charge on any atom is -0.103 e. The van der Waals surface area contributed by atoms with Crippen molar-refractivity contribution in [3.05, 3.63) is 36.0 Å². The second kappa shape index (κ2) is 3.85. The van der Waals surface area contributed by atoms with Gasteiger partial charge in [-0.15, -0.1) is 6.58 Å². The summed E-state index contributed by atoms with van der Waals surface area (Å²) >= 11 is 0. The largest absolute Gasteiger partial charge is 0.103 e. The lowest BCUT2D eigenvalue weighted by molar-refractivity contribution is 0.312. The molecule has 4 aliphatic carbocycles. The zero-order valence-electron chi connectivity index (χ0n) is 11.4. The van der Waals surface area contributed by atoms with E-state index in [1.807, 2.05) is 11.1 Å². The van der Waals surface area contributed by atoms with E-state index in [4.69, 9.17) is 0 Å². The van der Waals surface area contributed by atoms with Crippen molar-refractivity contribution in [2.75, 3.05) is 0 Å². The molecule has 4 bridgehead atoms. The molecule has 0 spiro atoms. The molecule has 1 fully saturated rings. The highest BCUT2D eigenvalue weighted by atomic mass is 14.6. The number of rotatable bonds is 4. The van der Waals surface area contributed by atoms with Crippen molar-refractivity contribution in [2.24, 2.45) is 35.5 Å². The molecule has 0 aromatic carbocycles. The van der Waals surface area contributed by atoms with E-state index in [0.717, 1.165) is 35.5 Å². The molecule has 1 saturated carbocycles. The van der Waals surface area contributed by atoms with Crippen LogP contribution < -0.4 is 0 Å². The summed E-state index contributed by atoms with van der Waals surface area (Å²) in [6, 6.07) is 0. The Morgan fingerprint density at radius 2 is 1.89 bits per heavy atom. The Kier molecular flexibility index (Phi) is 2.37.